The summed E-state index contributed by atoms with van der Waals surface area (Å²) in [6.07, 6.45) is 1.34. The highest BCUT2D eigenvalue weighted by Crippen LogP contribution is 2.16. The van der Waals surface area contributed by atoms with Crippen LogP contribution in [-0.2, 0) is 19.9 Å². The molecule has 0 spiro atoms. The molecule has 0 fully saturated rings. The number of nitrogens with one attached hydrogen (secondary N) is 2. The highest BCUT2D eigenvalue weighted by Gasteiger charge is 2.26. The molecular formula is C11H14N2O4S2. The third-order valence-electron chi connectivity index (χ3n) is 2.69. The standard InChI is InChI=1S/C11H14N2O4S2/c1-12-9-2-4-11(5-3-9)19(16,17)13-10-6-7-18(14,15)8-10/h2-7,10,12-13H,8H2,1H3. The summed E-state index contributed by atoms with van der Waals surface area (Å²) < 4.78 is 48.9. The fourth-order valence-electron chi connectivity index (χ4n) is 1.72. The molecule has 1 aliphatic rings. The first-order valence-corrected chi connectivity index (χ1v) is 8.73. The molecule has 1 heterocycles. The molecule has 6 nitrogen and oxygen atoms in total. The van der Waals surface area contributed by atoms with Gasteiger partial charge in [0.15, 0.2) is 9.84 Å². The second kappa shape index (κ2) is 4.95. The van der Waals surface area contributed by atoms with E-state index in [1.54, 1.807) is 19.2 Å². The molecule has 2 N–H and O–H groups in total. The number of sulfonamides is 1. The molecule has 0 aromatic heterocycles. The van der Waals surface area contributed by atoms with Crippen LogP contribution in [0.3, 0.4) is 0 Å². The van der Waals surface area contributed by atoms with E-state index in [0.717, 1.165) is 11.1 Å². The molecule has 1 unspecified atom stereocenters. The molecule has 104 valence electrons. The lowest BCUT2D eigenvalue weighted by Crippen LogP contribution is -2.35. The Labute approximate surface area is 112 Å². The molecule has 1 aromatic carbocycles. The molecule has 8 heteroatoms. The van der Waals surface area contributed by atoms with Gasteiger partial charge in [-0.3, -0.25) is 0 Å². The van der Waals surface area contributed by atoms with Gasteiger partial charge in [0.05, 0.1) is 16.7 Å². The number of benzene rings is 1. The molecular weight excluding hydrogens is 288 g/mol. The quantitative estimate of drug-likeness (QED) is 0.835. The van der Waals surface area contributed by atoms with Crippen LogP contribution < -0.4 is 10.0 Å². The second-order valence-electron chi connectivity index (χ2n) is 4.16. The third kappa shape index (κ3) is 3.34. The molecule has 0 radical (unpaired) electrons. The summed E-state index contributed by atoms with van der Waals surface area (Å²) >= 11 is 0. The number of anilines is 1. The first kappa shape index (κ1) is 14.0. The molecule has 0 bridgehead atoms. The van der Waals surface area contributed by atoms with E-state index in [1.165, 1.54) is 18.2 Å². The Morgan fingerprint density at radius 2 is 1.84 bits per heavy atom. The van der Waals surface area contributed by atoms with Gasteiger partial charge in [0.2, 0.25) is 10.0 Å². The summed E-state index contributed by atoms with van der Waals surface area (Å²) in [6.45, 7) is 0. The number of hydrogen-bond acceptors (Lipinski definition) is 5. The summed E-state index contributed by atoms with van der Waals surface area (Å²) in [6, 6.07) is 5.48. The van der Waals surface area contributed by atoms with Crippen molar-refractivity contribution in [2.24, 2.45) is 0 Å². The van der Waals surface area contributed by atoms with Crippen LogP contribution in [0.15, 0.2) is 40.6 Å². The van der Waals surface area contributed by atoms with Gasteiger partial charge in [0.25, 0.3) is 0 Å². The lowest BCUT2D eigenvalue weighted by atomic mass is 10.3. The molecule has 1 aromatic rings. The first-order valence-electron chi connectivity index (χ1n) is 5.53. The minimum atomic E-state index is -3.71. The number of hydrogen-bond donors (Lipinski definition) is 2. The van der Waals surface area contributed by atoms with E-state index in [4.69, 9.17) is 0 Å². The van der Waals surface area contributed by atoms with Crippen molar-refractivity contribution >= 4 is 25.5 Å². The van der Waals surface area contributed by atoms with Crippen molar-refractivity contribution < 1.29 is 16.8 Å². The zero-order chi connectivity index (χ0) is 14.1. The smallest absolute Gasteiger partial charge is 0.241 e. The van der Waals surface area contributed by atoms with E-state index < -0.39 is 25.9 Å². The van der Waals surface area contributed by atoms with Gasteiger partial charge >= 0.3 is 0 Å². The second-order valence-corrected chi connectivity index (χ2v) is 7.81. The predicted molar refractivity (Wildman–Crippen MR) is 73.0 cm³/mol. The molecule has 0 aliphatic carbocycles. The maximum absolute atomic E-state index is 12.0. The topological polar surface area (TPSA) is 92.3 Å². The monoisotopic (exact) mass is 302 g/mol. The molecule has 0 saturated heterocycles. The molecule has 19 heavy (non-hydrogen) atoms. The zero-order valence-corrected chi connectivity index (χ0v) is 11.8. The molecule has 0 amide bonds. The van der Waals surface area contributed by atoms with Crippen molar-refractivity contribution in [2.75, 3.05) is 18.1 Å². The SMILES string of the molecule is CNc1ccc(S(=O)(=O)NC2C=CS(=O)(=O)C2)cc1. The van der Waals surface area contributed by atoms with Crippen molar-refractivity contribution in [3.8, 4) is 0 Å². The van der Waals surface area contributed by atoms with Gasteiger partial charge in [-0.05, 0) is 24.3 Å². The van der Waals surface area contributed by atoms with Gasteiger partial charge in [-0.15, -0.1) is 0 Å². The Hall–Kier alpha value is -1.38. The van der Waals surface area contributed by atoms with Crippen LogP contribution in [0.5, 0.6) is 0 Å². The fourth-order valence-corrected chi connectivity index (χ4v) is 4.25. The minimum Gasteiger partial charge on any atom is -0.388 e. The van der Waals surface area contributed by atoms with E-state index >= 15 is 0 Å². The molecule has 2 rings (SSSR count). The summed E-state index contributed by atoms with van der Waals surface area (Å²) in [5.74, 6) is -0.235. The van der Waals surface area contributed by atoms with Crippen molar-refractivity contribution in [1.29, 1.82) is 0 Å². The van der Waals surface area contributed by atoms with Crippen LogP contribution in [0.4, 0.5) is 5.69 Å². The normalized spacial score (nSPS) is 21.4. The van der Waals surface area contributed by atoms with Gasteiger partial charge in [-0.2, -0.15) is 0 Å². The van der Waals surface area contributed by atoms with E-state index in [2.05, 4.69) is 10.0 Å². The Kier molecular flexibility index (Phi) is 3.66. The van der Waals surface area contributed by atoms with Crippen molar-refractivity contribution in [1.82, 2.24) is 4.72 Å². The Balaban J connectivity index is 2.17. The van der Waals surface area contributed by atoms with Gasteiger partial charge in [-0.25, -0.2) is 21.6 Å². The average molecular weight is 302 g/mol. The van der Waals surface area contributed by atoms with Crippen LogP contribution in [-0.4, -0.2) is 35.7 Å². The van der Waals surface area contributed by atoms with Crippen molar-refractivity contribution in [3.05, 3.63) is 35.7 Å². The Morgan fingerprint density at radius 3 is 2.32 bits per heavy atom. The summed E-state index contributed by atoms with van der Waals surface area (Å²) in [4.78, 5) is 0.101. The summed E-state index contributed by atoms with van der Waals surface area (Å²) in [7, 11) is -5.26. The van der Waals surface area contributed by atoms with Crippen LogP contribution >= 0.6 is 0 Å². The summed E-state index contributed by atoms with van der Waals surface area (Å²) in [5, 5.41) is 3.92. The number of sulfone groups is 1. The molecule has 0 saturated carbocycles. The van der Waals surface area contributed by atoms with Crippen molar-refractivity contribution in [3.63, 3.8) is 0 Å². The maximum Gasteiger partial charge on any atom is 0.241 e. The van der Waals surface area contributed by atoms with Crippen LogP contribution in [0.25, 0.3) is 0 Å². The zero-order valence-electron chi connectivity index (χ0n) is 10.2. The van der Waals surface area contributed by atoms with Gasteiger partial charge in [0.1, 0.15) is 0 Å². The Bertz CT molecular complexity index is 691. The maximum atomic E-state index is 12.0. The van der Waals surface area contributed by atoms with E-state index in [9.17, 15) is 16.8 Å². The fraction of sp³-hybridized carbons (Fsp3) is 0.273. The lowest BCUT2D eigenvalue weighted by Gasteiger charge is -2.11. The van der Waals surface area contributed by atoms with Crippen LogP contribution in [0.2, 0.25) is 0 Å². The van der Waals surface area contributed by atoms with Gasteiger partial charge in [0, 0.05) is 18.1 Å². The van der Waals surface area contributed by atoms with E-state index in [0.29, 0.717) is 0 Å². The molecule has 1 aliphatic heterocycles. The molecule has 1 atom stereocenters. The van der Waals surface area contributed by atoms with Gasteiger partial charge in [-0.1, -0.05) is 6.08 Å². The predicted octanol–water partition coefficient (Wildman–Crippen LogP) is 0.317. The van der Waals surface area contributed by atoms with Gasteiger partial charge < -0.3 is 5.32 Å². The Morgan fingerprint density at radius 1 is 1.21 bits per heavy atom. The van der Waals surface area contributed by atoms with Crippen molar-refractivity contribution in [2.45, 2.75) is 10.9 Å². The van der Waals surface area contributed by atoms with E-state index in [-0.39, 0.29) is 10.6 Å². The lowest BCUT2D eigenvalue weighted by molar-refractivity contribution is 0.575. The first-order chi connectivity index (χ1) is 8.82. The average Bonchev–Trinajstić information content (AvgIpc) is 2.68. The van der Waals surface area contributed by atoms with E-state index in [1.807, 2.05) is 0 Å². The largest absolute Gasteiger partial charge is 0.388 e. The summed E-state index contributed by atoms with van der Waals surface area (Å²) in [5.41, 5.74) is 0.794. The highest BCUT2D eigenvalue weighted by atomic mass is 32.2. The minimum absolute atomic E-state index is 0.101. The highest BCUT2D eigenvalue weighted by molar-refractivity contribution is 7.94. The van der Waals surface area contributed by atoms with Crippen LogP contribution in [0.1, 0.15) is 0 Å². The number of rotatable bonds is 4. The third-order valence-corrected chi connectivity index (χ3v) is 5.59. The van der Waals surface area contributed by atoms with Crippen LogP contribution in [0, 0.1) is 0 Å².